The van der Waals surface area contributed by atoms with E-state index in [1.54, 1.807) is 6.26 Å². The van der Waals surface area contributed by atoms with E-state index in [1.807, 2.05) is 18.2 Å². The van der Waals surface area contributed by atoms with Gasteiger partial charge in [-0.15, -0.1) is 0 Å². The second-order valence-corrected chi connectivity index (χ2v) is 4.56. The first kappa shape index (κ1) is 11.4. The zero-order valence-electron chi connectivity index (χ0n) is 8.98. The fourth-order valence-electron chi connectivity index (χ4n) is 1.48. The van der Waals surface area contributed by atoms with Crippen molar-refractivity contribution in [3.63, 3.8) is 0 Å². The zero-order chi connectivity index (χ0) is 11.4. The minimum atomic E-state index is 0.286. The summed E-state index contributed by atoms with van der Waals surface area (Å²) in [6.07, 6.45) is 1.58. The minimum absolute atomic E-state index is 0.286. The summed E-state index contributed by atoms with van der Waals surface area (Å²) in [4.78, 5) is 0. The first-order valence-electron chi connectivity index (χ1n) is 5.14. The monoisotopic (exact) mass is 280 g/mol. The second kappa shape index (κ2) is 5.27. The van der Waals surface area contributed by atoms with Crippen LogP contribution in [0.3, 0.4) is 0 Å². The maximum absolute atomic E-state index is 4.77. The van der Waals surface area contributed by atoms with Gasteiger partial charge in [-0.1, -0.05) is 33.2 Å². The number of rotatable bonds is 4. The molecular weight excluding hydrogens is 268 g/mol. The Balaban J connectivity index is 1.95. The molecular formula is C12H13BrN2O. The fourth-order valence-corrected chi connectivity index (χ4v) is 1.90. The lowest BCUT2D eigenvalue weighted by Gasteiger charge is -2.13. The number of halogens is 1. The summed E-state index contributed by atoms with van der Waals surface area (Å²) >= 11 is 3.47. The molecule has 1 atom stereocenters. The van der Waals surface area contributed by atoms with Gasteiger partial charge in [0.15, 0.2) is 0 Å². The van der Waals surface area contributed by atoms with E-state index in [0.29, 0.717) is 6.54 Å². The summed E-state index contributed by atoms with van der Waals surface area (Å²) in [5, 5.41) is 7.24. The molecule has 0 fully saturated rings. The Morgan fingerprint density at radius 2 is 2.31 bits per heavy atom. The summed E-state index contributed by atoms with van der Waals surface area (Å²) < 4.78 is 5.87. The molecule has 0 aliphatic heterocycles. The van der Waals surface area contributed by atoms with Gasteiger partial charge in [0.25, 0.3) is 0 Å². The predicted octanol–water partition coefficient (Wildman–Crippen LogP) is 3.29. The summed E-state index contributed by atoms with van der Waals surface area (Å²) in [6.45, 7) is 2.84. The molecule has 0 spiro atoms. The number of aromatic nitrogens is 1. The molecule has 2 aromatic rings. The third kappa shape index (κ3) is 2.93. The number of hydrogen-bond acceptors (Lipinski definition) is 3. The number of benzene rings is 1. The highest BCUT2D eigenvalue weighted by Crippen LogP contribution is 2.17. The molecule has 0 radical (unpaired) electrons. The van der Waals surface area contributed by atoms with Crippen molar-refractivity contribution < 1.29 is 4.52 Å². The average Bonchev–Trinajstić information content (AvgIpc) is 2.78. The molecule has 1 unspecified atom stereocenters. The van der Waals surface area contributed by atoms with Crippen LogP contribution in [0.4, 0.5) is 0 Å². The van der Waals surface area contributed by atoms with Crippen LogP contribution in [0.1, 0.15) is 24.2 Å². The molecule has 0 bridgehead atoms. The fraction of sp³-hybridized carbons (Fsp3) is 0.250. The van der Waals surface area contributed by atoms with Crippen molar-refractivity contribution in [2.24, 2.45) is 0 Å². The van der Waals surface area contributed by atoms with E-state index >= 15 is 0 Å². The standard InChI is InChI=1S/C12H13BrN2O/c1-9(10-3-2-4-11(13)7-10)14-8-12-5-6-16-15-12/h2-7,9,14H,8H2,1H3. The van der Waals surface area contributed by atoms with Crippen molar-refractivity contribution in [2.75, 3.05) is 0 Å². The third-order valence-electron chi connectivity index (χ3n) is 2.43. The zero-order valence-corrected chi connectivity index (χ0v) is 10.6. The van der Waals surface area contributed by atoms with Crippen molar-refractivity contribution in [3.05, 3.63) is 52.3 Å². The molecule has 0 aliphatic carbocycles. The number of nitrogens with one attached hydrogen (secondary N) is 1. The van der Waals surface area contributed by atoms with Gasteiger partial charge in [0.1, 0.15) is 6.26 Å². The Hall–Kier alpha value is -1.13. The van der Waals surface area contributed by atoms with Crippen LogP contribution >= 0.6 is 15.9 Å². The Labute approximate surface area is 103 Å². The molecule has 1 aromatic heterocycles. The van der Waals surface area contributed by atoms with Crippen LogP contribution in [0, 0.1) is 0 Å². The summed E-state index contributed by atoms with van der Waals surface area (Å²) in [5.74, 6) is 0. The first-order chi connectivity index (χ1) is 7.75. The van der Waals surface area contributed by atoms with E-state index in [1.165, 1.54) is 5.56 Å². The van der Waals surface area contributed by atoms with Crippen molar-refractivity contribution in [1.82, 2.24) is 10.5 Å². The van der Waals surface area contributed by atoms with E-state index in [-0.39, 0.29) is 6.04 Å². The third-order valence-corrected chi connectivity index (χ3v) is 2.92. The van der Waals surface area contributed by atoms with E-state index in [0.717, 1.165) is 10.2 Å². The van der Waals surface area contributed by atoms with Crippen LogP contribution in [-0.4, -0.2) is 5.16 Å². The SMILES string of the molecule is CC(NCc1ccon1)c1cccc(Br)c1. The molecule has 84 valence electrons. The minimum Gasteiger partial charge on any atom is -0.364 e. The largest absolute Gasteiger partial charge is 0.364 e. The van der Waals surface area contributed by atoms with Gasteiger partial charge in [0.05, 0.1) is 5.69 Å². The predicted molar refractivity (Wildman–Crippen MR) is 65.9 cm³/mol. The second-order valence-electron chi connectivity index (χ2n) is 3.65. The van der Waals surface area contributed by atoms with Gasteiger partial charge in [0.2, 0.25) is 0 Å². The molecule has 16 heavy (non-hydrogen) atoms. The Bertz CT molecular complexity index is 442. The van der Waals surface area contributed by atoms with E-state index < -0.39 is 0 Å². The van der Waals surface area contributed by atoms with E-state index in [9.17, 15) is 0 Å². The lowest BCUT2D eigenvalue weighted by molar-refractivity contribution is 0.406. The average molecular weight is 281 g/mol. The highest BCUT2D eigenvalue weighted by Gasteiger charge is 2.05. The highest BCUT2D eigenvalue weighted by molar-refractivity contribution is 9.10. The lowest BCUT2D eigenvalue weighted by atomic mass is 10.1. The molecule has 0 saturated carbocycles. The molecule has 0 aliphatic rings. The molecule has 1 heterocycles. The van der Waals surface area contributed by atoms with Crippen molar-refractivity contribution >= 4 is 15.9 Å². The Morgan fingerprint density at radius 3 is 3.00 bits per heavy atom. The number of hydrogen-bond donors (Lipinski definition) is 1. The van der Waals surface area contributed by atoms with Crippen LogP contribution in [0.25, 0.3) is 0 Å². The van der Waals surface area contributed by atoms with Crippen molar-refractivity contribution in [3.8, 4) is 0 Å². The maximum atomic E-state index is 4.77. The van der Waals surface area contributed by atoms with Crippen molar-refractivity contribution in [1.29, 1.82) is 0 Å². The molecule has 3 nitrogen and oxygen atoms in total. The molecule has 0 amide bonds. The van der Waals surface area contributed by atoms with Crippen LogP contribution in [-0.2, 0) is 6.54 Å². The summed E-state index contributed by atoms with van der Waals surface area (Å²) in [6, 6.07) is 10.4. The smallest absolute Gasteiger partial charge is 0.124 e. The van der Waals surface area contributed by atoms with E-state index in [2.05, 4.69) is 45.5 Å². The molecule has 0 saturated heterocycles. The maximum Gasteiger partial charge on any atom is 0.124 e. The molecule has 1 N–H and O–H groups in total. The van der Waals surface area contributed by atoms with Gasteiger partial charge in [-0.05, 0) is 24.6 Å². The summed E-state index contributed by atoms with van der Waals surface area (Å²) in [5.41, 5.74) is 2.17. The Morgan fingerprint density at radius 1 is 1.44 bits per heavy atom. The molecule has 4 heteroatoms. The van der Waals surface area contributed by atoms with Gasteiger partial charge in [-0.2, -0.15) is 0 Å². The van der Waals surface area contributed by atoms with Gasteiger partial charge in [0, 0.05) is 23.1 Å². The van der Waals surface area contributed by atoms with Crippen LogP contribution in [0.2, 0.25) is 0 Å². The van der Waals surface area contributed by atoms with E-state index in [4.69, 9.17) is 4.52 Å². The Kier molecular flexibility index (Phi) is 3.74. The quantitative estimate of drug-likeness (QED) is 0.934. The molecule has 2 rings (SSSR count). The highest BCUT2D eigenvalue weighted by atomic mass is 79.9. The van der Waals surface area contributed by atoms with Gasteiger partial charge < -0.3 is 9.84 Å². The normalized spacial score (nSPS) is 12.6. The van der Waals surface area contributed by atoms with Gasteiger partial charge in [-0.25, -0.2) is 0 Å². The summed E-state index contributed by atoms with van der Waals surface area (Å²) in [7, 11) is 0. The topological polar surface area (TPSA) is 38.1 Å². The lowest BCUT2D eigenvalue weighted by Crippen LogP contribution is -2.18. The number of nitrogens with zero attached hydrogens (tertiary/aromatic N) is 1. The van der Waals surface area contributed by atoms with Gasteiger partial charge in [-0.3, -0.25) is 0 Å². The van der Waals surface area contributed by atoms with Crippen LogP contribution < -0.4 is 5.32 Å². The van der Waals surface area contributed by atoms with Gasteiger partial charge >= 0.3 is 0 Å². The molecule has 1 aromatic carbocycles. The first-order valence-corrected chi connectivity index (χ1v) is 5.93. The van der Waals surface area contributed by atoms with Crippen molar-refractivity contribution in [2.45, 2.75) is 19.5 Å². The van der Waals surface area contributed by atoms with Crippen LogP contribution in [0.5, 0.6) is 0 Å². The van der Waals surface area contributed by atoms with Crippen LogP contribution in [0.15, 0.2) is 45.6 Å².